The quantitative estimate of drug-likeness (QED) is 0.813. The molecule has 3 N–H and O–H groups in total. The number of benzene rings is 1. The molecular formula is C15H17ClFN3O3S2. The van der Waals surface area contributed by atoms with E-state index >= 15 is 0 Å². The van der Waals surface area contributed by atoms with Crippen molar-refractivity contribution < 1.29 is 17.6 Å². The summed E-state index contributed by atoms with van der Waals surface area (Å²) in [5, 5.41) is 9.76. The first-order valence-corrected chi connectivity index (χ1v) is 9.67. The molecule has 6 nitrogen and oxygen atoms in total. The van der Waals surface area contributed by atoms with E-state index in [2.05, 4.69) is 5.32 Å². The van der Waals surface area contributed by atoms with Gasteiger partial charge < -0.3 is 10.2 Å². The Hall–Kier alpha value is -1.52. The maximum atomic E-state index is 13.5. The second kappa shape index (κ2) is 7.79. The lowest BCUT2D eigenvalue weighted by atomic mass is 10.0. The van der Waals surface area contributed by atoms with E-state index in [4.69, 9.17) is 5.14 Å². The van der Waals surface area contributed by atoms with Crippen LogP contribution in [0.1, 0.15) is 22.0 Å². The standard InChI is InChI=1S/C15H16FN3O3S2.ClH/c16-12-3-1-2-10(6-12)13-8-18-4-5-19(13)15(20)11-7-14(23-9-11)24(17,21)22;/h1-3,6-7,9,13,18H,4-5,8H2,(H2,17,21,22);1H. The largest absolute Gasteiger partial charge is 0.329 e. The summed E-state index contributed by atoms with van der Waals surface area (Å²) in [6.45, 7) is 1.56. The predicted octanol–water partition coefficient (Wildman–Crippen LogP) is 1.74. The molecule has 1 fully saturated rings. The third-order valence-electron chi connectivity index (χ3n) is 3.84. The second-order valence-electron chi connectivity index (χ2n) is 5.47. The van der Waals surface area contributed by atoms with E-state index in [1.807, 2.05) is 0 Å². The SMILES string of the molecule is Cl.NS(=O)(=O)c1cc(C(=O)N2CCNCC2c2cccc(F)c2)cs1. The average molecular weight is 406 g/mol. The van der Waals surface area contributed by atoms with Gasteiger partial charge in [-0.1, -0.05) is 12.1 Å². The molecule has 1 atom stereocenters. The Morgan fingerprint density at radius 1 is 1.36 bits per heavy atom. The van der Waals surface area contributed by atoms with Gasteiger partial charge in [-0.05, 0) is 23.8 Å². The lowest BCUT2D eigenvalue weighted by molar-refractivity contribution is 0.0634. The number of carbonyl (C=O) groups excluding carboxylic acids is 1. The molecule has 1 aliphatic rings. The van der Waals surface area contributed by atoms with Crippen molar-refractivity contribution in [2.24, 2.45) is 5.14 Å². The number of sulfonamides is 1. The summed E-state index contributed by atoms with van der Waals surface area (Å²) < 4.78 is 36.2. The van der Waals surface area contributed by atoms with E-state index in [1.54, 1.807) is 17.0 Å². The lowest BCUT2D eigenvalue weighted by Gasteiger charge is -2.36. The Balaban J connectivity index is 0.00000225. The van der Waals surface area contributed by atoms with Crippen molar-refractivity contribution in [3.63, 3.8) is 0 Å². The van der Waals surface area contributed by atoms with Crippen LogP contribution >= 0.6 is 23.7 Å². The van der Waals surface area contributed by atoms with E-state index in [-0.39, 0.29) is 39.9 Å². The molecule has 136 valence electrons. The van der Waals surface area contributed by atoms with Crippen LogP contribution in [0.4, 0.5) is 4.39 Å². The van der Waals surface area contributed by atoms with Crippen molar-refractivity contribution in [2.45, 2.75) is 10.3 Å². The molecule has 2 aromatic rings. The normalized spacial score (nSPS) is 17.8. The first-order chi connectivity index (χ1) is 11.4. The molecule has 1 unspecified atom stereocenters. The highest BCUT2D eigenvalue weighted by Crippen LogP contribution is 2.27. The molecule has 1 saturated heterocycles. The summed E-state index contributed by atoms with van der Waals surface area (Å²) in [5.74, 6) is -0.658. The van der Waals surface area contributed by atoms with Crippen LogP contribution in [0.15, 0.2) is 39.9 Å². The molecule has 0 saturated carbocycles. The maximum Gasteiger partial charge on any atom is 0.255 e. The van der Waals surface area contributed by atoms with E-state index < -0.39 is 10.0 Å². The summed E-state index contributed by atoms with van der Waals surface area (Å²) in [4.78, 5) is 14.4. The predicted molar refractivity (Wildman–Crippen MR) is 96.0 cm³/mol. The Morgan fingerprint density at radius 2 is 2.12 bits per heavy atom. The van der Waals surface area contributed by atoms with Gasteiger partial charge in [0, 0.05) is 25.0 Å². The molecule has 0 spiro atoms. The zero-order valence-corrected chi connectivity index (χ0v) is 15.5. The fourth-order valence-electron chi connectivity index (χ4n) is 2.70. The third-order valence-corrected chi connectivity index (χ3v) is 6.23. The summed E-state index contributed by atoms with van der Waals surface area (Å²) >= 11 is 0.912. The fraction of sp³-hybridized carbons (Fsp3) is 0.267. The zero-order valence-electron chi connectivity index (χ0n) is 13.0. The second-order valence-corrected chi connectivity index (χ2v) is 8.17. The van der Waals surface area contributed by atoms with Gasteiger partial charge in [0.2, 0.25) is 10.0 Å². The van der Waals surface area contributed by atoms with Crippen LogP contribution in [-0.4, -0.2) is 38.9 Å². The van der Waals surface area contributed by atoms with Crippen molar-refractivity contribution in [3.05, 3.63) is 52.7 Å². The van der Waals surface area contributed by atoms with Crippen LogP contribution in [0.5, 0.6) is 0 Å². The van der Waals surface area contributed by atoms with Gasteiger partial charge in [-0.2, -0.15) is 0 Å². The molecule has 1 amide bonds. The number of nitrogens with zero attached hydrogens (tertiary/aromatic N) is 1. The minimum Gasteiger partial charge on any atom is -0.329 e. The molecule has 1 aromatic carbocycles. The highest BCUT2D eigenvalue weighted by Gasteiger charge is 2.29. The highest BCUT2D eigenvalue weighted by atomic mass is 35.5. The summed E-state index contributed by atoms with van der Waals surface area (Å²) in [6, 6.07) is 7.09. The van der Waals surface area contributed by atoms with Crippen molar-refractivity contribution in [2.75, 3.05) is 19.6 Å². The number of piperazine rings is 1. The van der Waals surface area contributed by atoms with Crippen molar-refractivity contribution in [3.8, 4) is 0 Å². The molecule has 0 bridgehead atoms. The molecule has 3 rings (SSSR count). The van der Waals surface area contributed by atoms with E-state index in [0.29, 0.717) is 25.2 Å². The maximum absolute atomic E-state index is 13.5. The summed E-state index contributed by atoms with van der Waals surface area (Å²) in [6.07, 6.45) is 0. The summed E-state index contributed by atoms with van der Waals surface area (Å²) in [7, 11) is -3.83. The van der Waals surface area contributed by atoms with Crippen LogP contribution in [0.3, 0.4) is 0 Å². The van der Waals surface area contributed by atoms with E-state index in [1.165, 1.54) is 23.6 Å². The molecule has 10 heteroatoms. The Kier molecular flexibility index (Phi) is 6.17. The Morgan fingerprint density at radius 3 is 2.76 bits per heavy atom. The van der Waals surface area contributed by atoms with Gasteiger partial charge >= 0.3 is 0 Å². The first kappa shape index (κ1) is 19.8. The van der Waals surface area contributed by atoms with Crippen molar-refractivity contribution in [1.29, 1.82) is 0 Å². The fourth-order valence-corrected chi connectivity index (χ4v) is 4.28. The number of hydrogen-bond donors (Lipinski definition) is 2. The molecule has 1 aromatic heterocycles. The number of thiophene rings is 1. The molecular weight excluding hydrogens is 389 g/mol. The van der Waals surface area contributed by atoms with Gasteiger partial charge in [0.25, 0.3) is 5.91 Å². The lowest BCUT2D eigenvalue weighted by Crippen LogP contribution is -2.48. The zero-order chi connectivity index (χ0) is 17.3. The van der Waals surface area contributed by atoms with E-state index in [0.717, 1.165) is 11.3 Å². The van der Waals surface area contributed by atoms with Gasteiger partial charge in [-0.3, -0.25) is 4.79 Å². The smallest absolute Gasteiger partial charge is 0.255 e. The molecule has 25 heavy (non-hydrogen) atoms. The Bertz CT molecular complexity index is 872. The number of amides is 1. The van der Waals surface area contributed by atoms with Crippen LogP contribution < -0.4 is 10.5 Å². The van der Waals surface area contributed by atoms with Crippen LogP contribution in [0, 0.1) is 5.82 Å². The molecule has 0 aliphatic carbocycles. The molecule has 1 aliphatic heterocycles. The van der Waals surface area contributed by atoms with Gasteiger partial charge in [0.15, 0.2) is 0 Å². The minimum absolute atomic E-state index is 0. The van der Waals surface area contributed by atoms with Crippen molar-refractivity contribution in [1.82, 2.24) is 10.2 Å². The van der Waals surface area contributed by atoms with Crippen LogP contribution in [-0.2, 0) is 10.0 Å². The van der Waals surface area contributed by atoms with Gasteiger partial charge in [0.1, 0.15) is 10.0 Å². The number of rotatable bonds is 3. The van der Waals surface area contributed by atoms with Gasteiger partial charge in [-0.15, -0.1) is 23.7 Å². The van der Waals surface area contributed by atoms with Gasteiger partial charge in [0.05, 0.1) is 11.6 Å². The van der Waals surface area contributed by atoms with Crippen LogP contribution in [0.25, 0.3) is 0 Å². The number of hydrogen-bond acceptors (Lipinski definition) is 5. The monoisotopic (exact) mass is 405 g/mol. The average Bonchev–Trinajstić information content (AvgIpc) is 3.04. The number of primary sulfonamides is 1. The van der Waals surface area contributed by atoms with Crippen LogP contribution in [0.2, 0.25) is 0 Å². The van der Waals surface area contributed by atoms with Crippen molar-refractivity contribution >= 4 is 39.7 Å². The van der Waals surface area contributed by atoms with E-state index in [9.17, 15) is 17.6 Å². The Labute approximate surface area is 155 Å². The first-order valence-electron chi connectivity index (χ1n) is 7.25. The molecule has 0 radical (unpaired) electrons. The van der Waals surface area contributed by atoms with Gasteiger partial charge in [-0.25, -0.2) is 17.9 Å². The minimum atomic E-state index is -3.83. The number of carbonyl (C=O) groups is 1. The topological polar surface area (TPSA) is 92.5 Å². The number of halogens is 2. The number of nitrogens with two attached hydrogens (primary N) is 1. The summed E-state index contributed by atoms with van der Waals surface area (Å²) in [5.41, 5.74) is 0.963. The number of nitrogens with one attached hydrogen (secondary N) is 1. The highest BCUT2D eigenvalue weighted by molar-refractivity contribution is 7.91. The molecule has 2 heterocycles. The third kappa shape index (κ3) is 4.36.